The highest BCUT2D eigenvalue weighted by Gasteiger charge is 2.46. The molecule has 4 aliphatic rings. The fraction of sp³-hybridized carbons (Fsp3) is 0.588. The van der Waals surface area contributed by atoms with E-state index in [0.29, 0.717) is 34.4 Å². The van der Waals surface area contributed by atoms with Crippen molar-refractivity contribution in [1.29, 1.82) is 0 Å². The lowest BCUT2D eigenvalue weighted by Gasteiger charge is -2.45. The molecule has 1 N–H and O–H groups in total. The van der Waals surface area contributed by atoms with E-state index < -0.39 is 0 Å². The largest absolute Gasteiger partial charge is 0.490 e. The zero-order chi connectivity index (χ0) is 16.0. The third-order valence-corrected chi connectivity index (χ3v) is 5.68. The fourth-order valence-corrected chi connectivity index (χ4v) is 4.63. The van der Waals surface area contributed by atoms with Crippen molar-refractivity contribution in [2.24, 2.45) is 11.0 Å². The average Bonchev–Trinajstić information content (AvgIpc) is 3.02. The van der Waals surface area contributed by atoms with E-state index in [1.54, 1.807) is 0 Å². The summed E-state index contributed by atoms with van der Waals surface area (Å²) in [6.07, 6.45) is 3.39. The van der Waals surface area contributed by atoms with E-state index in [-0.39, 0.29) is 6.04 Å². The Balaban J connectivity index is 1.62. The van der Waals surface area contributed by atoms with Crippen molar-refractivity contribution in [3.63, 3.8) is 0 Å². The second-order valence-electron chi connectivity index (χ2n) is 6.56. The number of ether oxygens (including phenoxy) is 1. The minimum absolute atomic E-state index is 0.128. The van der Waals surface area contributed by atoms with Crippen molar-refractivity contribution in [2.75, 3.05) is 19.7 Å². The van der Waals surface area contributed by atoms with Crippen LogP contribution in [0.4, 0.5) is 0 Å². The number of fused-ring (bicyclic) bond motifs is 2. The molecule has 2 unspecified atom stereocenters. The van der Waals surface area contributed by atoms with Gasteiger partial charge in [-0.25, -0.2) is 0 Å². The van der Waals surface area contributed by atoms with Crippen LogP contribution < -0.4 is 10.2 Å². The summed E-state index contributed by atoms with van der Waals surface area (Å²) in [4.78, 5) is 2.53. The van der Waals surface area contributed by atoms with Gasteiger partial charge < -0.3 is 10.2 Å². The molecule has 1 aromatic rings. The number of rotatable bonds is 4. The lowest BCUT2D eigenvalue weighted by molar-refractivity contribution is 0.133. The summed E-state index contributed by atoms with van der Waals surface area (Å²) in [7, 11) is 0. The molecule has 2 bridgehead atoms. The first-order valence-corrected chi connectivity index (χ1v) is 9.13. The fourth-order valence-electron chi connectivity index (χ4n) is 4.01. The van der Waals surface area contributed by atoms with Crippen LogP contribution in [0, 0.1) is 5.92 Å². The summed E-state index contributed by atoms with van der Waals surface area (Å²) in [5.74, 6) is 1.23. The Bertz CT molecular complexity index is 618. The molecule has 1 aromatic carbocycles. The molecular weight excluding hydrogens is 333 g/mol. The zero-order valence-electron chi connectivity index (χ0n) is 13.2. The molecule has 4 nitrogen and oxygen atoms in total. The monoisotopic (exact) mass is 353 g/mol. The first-order valence-electron chi connectivity index (χ1n) is 8.37. The van der Waals surface area contributed by atoms with Gasteiger partial charge >= 0.3 is 0 Å². The Morgan fingerprint density at radius 2 is 1.96 bits per heavy atom. The summed E-state index contributed by atoms with van der Waals surface area (Å²) in [5.41, 5.74) is 5.72. The van der Waals surface area contributed by atoms with Gasteiger partial charge in [0.25, 0.3) is 0 Å². The van der Waals surface area contributed by atoms with Crippen molar-refractivity contribution < 1.29 is 4.74 Å². The Hall–Kier alpha value is -0.970. The second-order valence-corrected chi connectivity index (χ2v) is 7.38. The van der Waals surface area contributed by atoms with E-state index in [4.69, 9.17) is 27.9 Å². The standard InChI is InChI=1S/C17H21Cl2N3O/c1-2-7-23-17-12(18)8-11(9-13(17)19)15-16-14(20-21-15)10-3-5-22(16)6-4-10/h8-10,15-16,21H,2-7H2,1H3. The van der Waals surface area contributed by atoms with Gasteiger partial charge in [0.15, 0.2) is 5.75 Å². The number of nitrogens with zero attached hydrogens (tertiary/aromatic N) is 2. The van der Waals surface area contributed by atoms with Gasteiger partial charge in [0.1, 0.15) is 0 Å². The van der Waals surface area contributed by atoms with E-state index in [0.717, 1.165) is 25.1 Å². The third kappa shape index (κ3) is 2.61. The molecule has 4 aliphatic heterocycles. The Labute approximate surface area is 146 Å². The molecule has 0 amide bonds. The smallest absolute Gasteiger partial charge is 0.156 e. The Morgan fingerprint density at radius 1 is 1.26 bits per heavy atom. The SMILES string of the molecule is CCCOc1c(Cl)cc(C2NN=C3C4CCN(CC4)C32)cc1Cl. The molecule has 0 aliphatic carbocycles. The van der Waals surface area contributed by atoms with Crippen LogP contribution in [-0.2, 0) is 0 Å². The molecule has 0 saturated carbocycles. The van der Waals surface area contributed by atoms with Crippen molar-refractivity contribution >= 4 is 28.9 Å². The first kappa shape index (κ1) is 15.6. The molecule has 124 valence electrons. The van der Waals surface area contributed by atoms with Gasteiger partial charge in [-0.15, -0.1) is 0 Å². The molecule has 3 saturated heterocycles. The van der Waals surface area contributed by atoms with Crippen LogP contribution in [0.5, 0.6) is 5.75 Å². The van der Waals surface area contributed by atoms with Crippen LogP contribution in [-0.4, -0.2) is 36.3 Å². The van der Waals surface area contributed by atoms with Gasteiger partial charge in [-0.05, 0) is 50.0 Å². The molecule has 0 radical (unpaired) electrons. The van der Waals surface area contributed by atoms with E-state index in [9.17, 15) is 0 Å². The molecule has 2 atom stereocenters. The maximum absolute atomic E-state index is 6.41. The zero-order valence-corrected chi connectivity index (χ0v) is 14.7. The van der Waals surface area contributed by atoms with Crippen LogP contribution in [0.15, 0.2) is 17.2 Å². The van der Waals surface area contributed by atoms with Gasteiger partial charge in [-0.2, -0.15) is 5.10 Å². The molecule has 3 fully saturated rings. The molecular formula is C17H21Cl2N3O. The maximum Gasteiger partial charge on any atom is 0.156 e. The minimum atomic E-state index is 0.128. The molecule has 5 rings (SSSR count). The van der Waals surface area contributed by atoms with E-state index >= 15 is 0 Å². The van der Waals surface area contributed by atoms with Crippen LogP contribution >= 0.6 is 23.2 Å². The van der Waals surface area contributed by atoms with E-state index in [1.807, 2.05) is 12.1 Å². The van der Waals surface area contributed by atoms with E-state index in [2.05, 4.69) is 22.4 Å². The highest BCUT2D eigenvalue weighted by atomic mass is 35.5. The number of piperidine rings is 3. The molecule has 0 aromatic heterocycles. The predicted molar refractivity (Wildman–Crippen MR) is 93.6 cm³/mol. The van der Waals surface area contributed by atoms with Crippen molar-refractivity contribution in [1.82, 2.24) is 10.3 Å². The number of halogens is 2. The molecule has 4 heterocycles. The topological polar surface area (TPSA) is 36.9 Å². The van der Waals surface area contributed by atoms with Gasteiger partial charge in [-0.3, -0.25) is 4.90 Å². The van der Waals surface area contributed by atoms with Crippen LogP contribution in [0.3, 0.4) is 0 Å². The summed E-state index contributed by atoms with van der Waals surface area (Å²) in [6.45, 7) is 4.99. The lowest BCUT2D eigenvalue weighted by Crippen LogP contribution is -2.56. The average molecular weight is 354 g/mol. The lowest BCUT2D eigenvalue weighted by atomic mass is 9.78. The highest BCUT2D eigenvalue weighted by molar-refractivity contribution is 6.37. The molecule has 23 heavy (non-hydrogen) atoms. The summed E-state index contributed by atoms with van der Waals surface area (Å²) in [5, 5.41) is 5.79. The Morgan fingerprint density at radius 3 is 2.61 bits per heavy atom. The Kier molecular flexibility index (Phi) is 4.16. The van der Waals surface area contributed by atoms with Crippen molar-refractivity contribution in [3.8, 4) is 5.75 Å². The highest BCUT2D eigenvalue weighted by Crippen LogP contribution is 2.42. The molecule has 6 heteroatoms. The number of hydrazone groups is 1. The summed E-state index contributed by atoms with van der Waals surface area (Å²) >= 11 is 12.8. The number of nitrogens with one attached hydrogen (secondary N) is 1. The minimum Gasteiger partial charge on any atom is -0.490 e. The van der Waals surface area contributed by atoms with Gasteiger partial charge in [-0.1, -0.05) is 30.1 Å². The maximum atomic E-state index is 6.41. The number of hydrogen-bond donors (Lipinski definition) is 1. The first-order chi connectivity index (χ1) is 11.2. The van der Waals surface area contributed by atoms with Crippen LogP contribution in [0.25, 0.3) is 0 Å². The van der Waals surface area contributed by atoms with Crippen molar-refractivity contribution in [2.45, 2.75) is 38.3 Å². The van der Waals surface area contributed by atoms with Gasteiger partial charge in [0, 0.05) is 5.92 Å². The molecule has 0 spiro atoms. The third-order valence-electron chi connectivity index (χ3n) is 5.12. The van der Waals surface area contributed by atoms with Crippen LogP contribution in [0.2, 0.25) is 10.0 Å². The van der Waals surface area contributed by atoms with E-state index in [1.165, 1.54) is 18.6 Å². The summed E-state index contributed by atoms with van der Waals surface area (Å²) in [6, 6.07) is 4.41. The normalized spacial score (nSPS) is 31.5. The number of benzene rings is 1. The van der Waals surface area contributed by atoms with Gasteiger partial charge in [0.05, 0.1) is 34.4 Å². The quantitative estimate of drug-likeness (QED) is 0.892. The predicted octanol–water partition coefficient (Wildman–Crippen LogP) is 3.88. The van der Waals surface area contributed by atoms with Crippen molar-refractivity contribution in [3.05, 3.63) is 27.7 Å². The second kappa shape index (κ2) is 6.15. The number of hydrogen-bond acceptors (Lipinski definition) is 4. The summed E-state index contributed by atoms with van der Waals surface area (Å²) < 4.78 is 5.67. The van der Waals surface area contributed by atoms with Crippen LogP contribution in [0.1, 0.15) is 37.8 Å². The van der Waals surface area contributed by atoms with Gasteiger partial charge in [0.2, 0.25) is 0 Å².